The third-order valence-electron chi connectivity index (χ3n) is 2.81. The Kier molecular flexibility index (Phi) is 3.80. The molecule has 2 atom stereocenters. The topological polar surface area (TPSA) is 49.3 Å². The number of rotatable bonds is 3. The summed E-state index contributed by atoms with van der Waals surface area (Å²) in [4.78, 5) is 12.4. The van der Waals surface area contributed by atoms with Crippen LogP contribution in [0.2, 0.25) is 0 Å². The predicted molar refractivity (Wildman–Crippen MR) is 73.3 cm³/mol. The Hall–Kier alpha value is -0.520. The predicted octanol–water partition coefficient (Wildman–Crippen LogP) is 3.33. The van der Waals surface area contributed by atoms with Gasteiger partial charge in [-0.15, -0.1) is 11.8 Å². The van der Waals surface area contributed by atoms with Crippen LogP contribution < -0.4 is 5.32 Å². The maximum Gasteiger partial charge on any atom is 0.257 e. The zero-order chi connectivity index (χ0) is 12.6. The summed E-state index contributed by atoms with van der Waals surface area (Å²) < 4.78 is 0.928. The van der Waals surface area contributed by atoms with Gasteiger partial charge in [0.1, 0.15) is 0 Å². The standard InChI is InChI=1S/C12H14BrNO2S/c1-3-6(2)17-10-5-9-7(4-8(10)13)11(15)12(16)14-9/h4-6,11,15H,3H2,1-2H3,(H,14,16). The molecule has 1 aromatic rings. The zero-order valence-corrected chi connectivity index (χ0v) is 12.1. The van der Waals surface area contributed by atoms with Crippen LogP contribution in [0.15, 0.2) is 21.5 Å². The number of aliphatic hydroxyl groups is 1. The van der Waals surface area contributed by atoms with Gasteiger partial charge in [0.2, 0.25) is 0 Å². The van der Waals surface area contributed by atoms with Crippen molar-refractivity contribution in [2.24, 2.45) is 0 Å². The number of nitrogens with one attached hydrogen (secondary N) is 1. The van der Waals surface area contributed by atoms with Gasteiger partial charge in [-0.25, -0.2) is 0 Å². The highest BCUT2D eigenvalue weighted by atomic mass is 79.9. The monoisotopic (exact) mass is 315 g/mol. The zero-order valence-electron chi connectivity index (χ0n) is 9.66. The number of aliphatic hydroxyl groups excluding tert-OH is 1. The van der Waals surface area contributed by atoms with E-state index in [4.69, 9.17) is 0 Å². The minimum Gasteiger partial charge on any atom is -0.378 e. The van der Waals surface area contributed by atoms with Gasteiger partial charge < -0.3 is 10.4 Å². The first-order valence-electron chi connectivity index (χ1n) is 5.52. The average molecular weight is 316 g/mol. The molecule has 3 nitrogen and oxygen atoms in total. The highest BCUT2D eigenvalue weighted by Gasteiger charge is 2.29. The molecule has 0 aliphatic carbocycles. The smallest absolute Gasteiger partial charge is 0.257 e. The molecule has 1 aliphatic rings. The molecular formula is C12H14BrNO2S. The van der Waals surface area contributed by atoms with Gasteiger partial charge in [-0.3, -0.25) is 4.79 Å². The fourth-order valence-corrected chi connectivity index (χ4v) is 3.23. The van der Waals surface area contributed by atoms with Crippen molar-refractivity contribution in [3.63, 3.8) is 0 Å². The summed E-state index contributed by atoms with van der Waals surface area (Å²) in [5, 5.41) is 12.9. The fourth-order valence-electron chi connectivity index (χ4n) is 1.64. The number of carbonyl (C=O) groups is 1. The molecule has 1 amide bonds. The molecule has 2 N–H and O–H groups in total. The molecule has 1 heterocycles. The SMILES string of the molecule is CCC(C)Sc1cc2c(cc1Br)C(O)C(=O)N2. The fraction of sp³-hybridized carbons (Fsp3) is 0.417. The number of hydrogen-bond donors (Lipinski definition) is 2. The Balaban J connectivity index is 2.33. The van der Waals surface area contributed by atoms with E-state index in [2.05, 4.69) is 35.1 Å². The highest BCUT2D eigenvalue weighted by molar-refractivity contribution is 9.10. The second kappa shape index (κ2) is 5.00. The third-order valence-corrected chi connectivity index (χ3v) is 5.05. The van der Waals surface area contributed by atoms with Crippen LogP contribution in [0.3, 0.4) is 0 Å². The van der Waals surface area contributed by atoms with Gasteiger partial charge in [-0.05, 0) is 34.5 Å². The van der Waals surface area contributed by atoms with Crippen LogP contribution in [0.25, 0.3) is 0 Å². The molecule has 0 saturated carbocycles. The second-order valence-corrected chi connectivity index (χ2v) is 6.43. The van der Waals surface area contributed by atoms with E-state index in [-0.39, 0.29) is 5.91 Å². The molecule has 0 fully saturated rings. The molecule has 1 aliphatic heterocycles. The summed E-state index contributed by atoms with van der Waals surface area (Å²) in [6.45, 7) is 4.31. The van der Waals surface area contributed by atoms with Crippen molar-refractivity contribution in [3.05, 3.63) is 22.2 Å². The molecule has 2 rings (SSSR count). The minimum atomic E-state index is -1.04. The quantitative estimate of drug-likeness (QED) is 0.841. The molecule has 0 spiro atoms. The van der Waals surface area contributed by atoms with E-state index in [9.17, 15) is 9.90 Å². The Morgan fingerprint density at radius 3 is 2.94 bits per heavy atom. The van der Waals surface area contributed by atoms with E-state index < -0.39 is 6.10 Å². The average Bonchev–Trinajstić information content (AvgIpc) is 2.56. The number of hydrogen-bond acceptors (Lipinski definition) is 3. The molecule has 2 unspecified atom stereocenters. The largest absolute Gasteiger partial charge is 0.378 e. The van der Waals surface area contributed by atoms with Crippen LogP contribution in [0.1, 0.15) is 31.9 Å². The molecule has 5 heteroatoms. The molecule has 92 valence electrons. The molecule has 17 heavy (non-hydrogen) atoms. The number of fused-ring (bicyclic) bond motifs is 1. The first kappa shape index (κ1) is 12.9. The normalized spacial score (nSPS) is 20.0. The van der Waals surface area contributed by atoms with Gasteiger partial charge in [0.05, 0.1) is 0 Å². The first-order chi connectivity index (χ1) is 8.02. The highest BCUT2D eigenvalue weighted by Crippen LogP contribution is 2.40. The minimum absolute atomic E-state index is 0.349. The molecule has 1 aromatic carbocycles. The summed E-state index contributed by atoms with van der Waals surface area (Å²) in [6.07, 6.45) is 0.0485. The van der Waals surface area contributed by atoms with Gasteiger partial charge in [0, 0.05) is 25.9 Å². The summed E-state index contributed by atoms with van der Waals surface area (Å²) in [5.74, 6) is -0.349. The lowest BCUT2D eigenvalue weighted by molar-refractivity contribution is -0.123. The van der Waals surface area contributed by atoms with Gasteiger partial charge in [-0.2, -0.15) is 0 Å². The number of carbonyl (C=O) groups excluding carboxylic acids is 1. The lowest BCUT2D eigenvalue weighted by Gasteiger charge is -2.12. The van der Waals surface area contributed by atoms with Crippen LogP contribution in [0.4, 0.5) is 5.69 Å². The van der Waals surface area contributed by atoms with E-state index in [1.54, 1.807) is 11.8 Å². The van der Waals surface area contributed by atoms with Crippen LogP contribution in [-0.4, -0.2) is 16.3 Å². The second-order valence-electron chi connectivity index (χ2n) is 4.10. The van der Waals surface area contributed by atoms with E-state index in [1.807, 2.05) is 12.1 Å². The van der Waals surface area contributed by atoms with Gasteiger partial charge >= 0.3 is 0 Å². The van der Waals surface area contributed by atoms with Crippen LogP contribution in [0, 0.1) is 0 Å². The summed E-state index contributed by atoms with van der Waals surface area (Å²) in [5.41, 5.74) is 1.37. The van der Waals surface area contributed by atoms with E-state index >= 15 is 0 Å². The van der Waals surface area contributed by atoms with Crippen molar-refractivity contribution < 1.29 is 9.90 Å². The van der Waals surface area contributed by atoms with Crippen molar-refractivity contribution in [2.45, 2.75) is 36.5 Å². The third kappa shape index (κ3) is 2.51. The van der Waals surface area contributed by atoms with Crippen LogP contribution in [0.5, 0.6) is 0 Å². The number of amides is 1. The van der Waals surface area contributed by atoms with Gasteiger partial charge in [-0.1, -0.05) is 13.8 Å². The van der Waals surface area contributed by atoms with Gasteiger partial charge in [0.25, 0.3) is 5.91 Å². The Labute approximate surface area is 113 Å². The van der Waals surface area contributed by atoms with E-state index in [0.29, 0.717) is 10.8 Å². The van der Waals surface area contributed by atoms with Gasteiger partial charge in [0.15, 0.2) is 6.10 Å². The molecular weight excluding hydrogens is 302 g/mol. The van der Waals surface area contributed by atoms with Crippen LogP contribution in [-0.2, 0) is 4.79 Å². The number of halogens is 1. The molecule has 0 aromatic heterocycles. The number of benzene rings is 1. The molecule has 0 radical (unpaired) electrons. The first-order valence-corrected chi connectivity index (χ1v) is 7.19. The Bertz CT molecular complexity index is 464. The Morgan fingerprint density at radius 2 is 2.29 bits per heavy atom. The van der Waals surface area contributed by atoms with E-state index in [1.165, 1.54) is 0 Å². The van der Waals surface area contributed by atoms with Crippen LogP contribution >= 0.6 is 27.7 Å². The Morgan fingerprint density at radius 1 is 1.59 bits per heavy atom. The maximum absolute atomic E-state index is 11.3. The number of thioether (sulfide) groups is 1. The lowest BCUT2D eigenvalue weighted by atomic mass is 10.1. The summed E-state index contributed by atoms with van der Waals surface area (Å²) >= 11 is 5.24. The maximum atomic E-state index is 11.3. The number of anilines is 1. The summed E-state index contributed by atoms with van der Waals surface area (Å²) in [7, 11) is 0. The van der Waals surface area contributed by atoms with Crippen molar-refractivity contribution in [2.75, 3.05) is 5.32 Å². The van der Waals surface area contributed by atoms with Crippen molar-refractivity contribution in [1.29, 1.82) is 0 Å². The van der Waals surface area contributed by atoms with Crippen molar-refractivity contribution in [1.82, 2.24) is 0 Å². The summed E-state index contributed by atoms with van der Waals surface area (Å²) in [6, 6.07) is 3.74. The van der Waals surface area contributed by atoms with Crippen molar-refractivity contribution >= 4 is 39.3 Å². The van der Waals surface area contributed by atoms with E-state index in [0.717, 1.165) is 21.5 Å². The molecule has 0 saturated heterocycles. The van der Waals surface area contributed by atoms with Crippen molar-refractivity contribution in [3.8, 4) is 0 Å². The molecule has 0 bridgehead atoms. The lowest BCUT2D eigenvalue weighted by Crippen LogP contribution is -2.10.